The minimum absolute atomic E-state index is 0.111. The number of carbonyl (C=O) groups excluding carboxylic acids is 2. The van der Waals surface area contributed by atoms with Gasteiger partial charge in [-0.2, -0.15) is 0 Å². The van der Waals surface area contributed by atoms with Crippen molar-refractivity contribution in [2.24, 2.45) is 0 Å². The molecule has 0 radical (unpaired) electrons. The quantitative estimate of drug-likeness (QED) is 0.550. The van der Waals surface area contributed by atoms with Crippen molar-refractivity contribution in [2.75, 3.05) is 34.3 Å². The molecule has 0 bridgehead atoms. The Bertz CT molecular complexity index is 323. The Morgan fingerprint density at radius 1 is 1.30 bits per heavy atom. The van der Waals surface area contributed by atoms with Crippen molar-refractivity contribution in [3.63, 3.8) is 0 Å². The second-order valence-corrected chi connectivity index (χ2v) is 5.46. The molecule has 0 atom stereocenters. The van der Waals surface area contributed by atoms with E-state index in [4.69, 9.17) is 0 Å². The Balaban J connectivity index is 0.000000621. The van der Waals surface area contributed by atoms with Gasteiger partial charge in [0.2, 0.25) is 5.91 Å². The normalized spacial score (nSPS) is 16.1. The highest BCUT2D eigenvalue weighted by atomic mass is 16.5. The van der Waals surface area contributed by atoms with Crippen LogP contribution in [0.1, 0.15) is 33.1 Å². The maximum atomic E-state index is 11.8. The zero-order valence-corrected chi connectivity index (χ0v) is 13.4. The number of carbonyl (C=O) groups is 2. The summed E-state index contributed by atoms with van der Waals surface area (Å²) in [5, 5.41) is 0. The Hall–Kier alpha value is -1.36. The SMILES string of the molecule is CCOC=O.CN(C)C/C=C/C(=O)N(C)C1(C)CCC1. The summed E-state index contributed by atoms with van der Waals surface area (Å²) in [6.07, 6.45) is 7.12. The van der Waals surface area contributed by atoms with E-state index in [2.05, 4.69) is 11.7 Å². The van der Waals surface area contributed by atoms with Crippen molar-refractivity contribution in [2.45, 2.75) is 38.6 Å². The van der Waals surface area contributed by atoms with Crippen LogP contribution in [0.4, 0.5) is 0 Å². The van der Waals surface area contributed by atoms with Gasteiger partial charge in [0.1, 0.15) is 0 Å². The van der Waals surface area contributed by atoms with Crippen LogP contribution < -0.4 is 0 Å². The molecular weight excluding hydrogens is 256 g/mol. The summed E-state index contributed by atoms with van der Waals surface area (Å²) in [5.41, 5.74) is 0.111. The maximum Gasteiger partial charge on any atom is 0.293 e. The Labute approximate surface area is 122 Å². The lowest BCUT2D eigenvalue weighted by Gasteiger charge is -2.45. The van der Waals surface area contributed by atoms with E-state index in [1.807, 2.05) is 37.0 Å². The Kier molecular flexibility index (Phi) is 8.88. The number of nitrogens with zero attached hydrogens (tertiary/aromatic N) is 2. The van der Waals surface area contributed by atoms with E-state index in [0.717, 1.165) is 19.4 Å². The fraction of sp³-hybridized carbons (Fsp3) is 0.733. The average molecular weight is 284 g/mol. The fourth-order valence-electron chi connectivity index (χ4n) is 1.83. The summed E-state index contributed by atoms with van der Waals surface area (Å²) in [6.45, 7) is 5.64. The van der Waals surface area contributed by atoms with Crippen LogP contribution in [0.3, 0.4) is 0 Å². The predicted octanol–water partition coefficient (Wildman–Crippen LogP) is 1.68. The van der Waals surface area contributed by atoms with Crippen LogP contribution in [0.5, 0.6) is 0 Å². The minimum atomic E-state index is 0.111. The number of ether oxygens (including phenoxy) is 1. The van der Waals surface area contributed by atoms with Crippen molar-refractivity contribution in [1.82, 2.24) is 9.80 Å². The highest BCUT2D eigenvalue weighted by Gasteiger charge is 2.37. The molecule has 1 amide bonds. The third-order valence-electron chi connectivity index (χ3n) is 3.54. The molecule has 1 saturated carbocycles. The first-order valence-corrected chi connectivity index (χ1v) is 7.01. The molecule has 1 aliphatic carbocycles. The van der Waals surface area contributed by atoms with Crippen LogP contribution in [0.2, 0.25) is 0 Å². The van der Waals surface area contributed by atoms with Gasteiger partial charge < -0.3 is 14.5 Å². The first kappa shape index (κ1) is 18.6. The van der Waals surface area contributed by atoms with E-state index in [0.29, 0.717) is 13.1 Å². The van der Waals surface area contributed by atoms with E-state index in [9.17, 15) is 9.59 Å². The maximum absolute atomic E-state index is 11.8. The molecule has 0 aromatic rings. The van der Waals surface area contributed by atoms with Crippen LogP contribution >= 0.6 is 0 Å². The van der Waals surface area contributed by atoms with Crippen LogP contribution in [-0.4, -0.2) is 62.0 Å². The van der Waals surface area contributed by atoms with Crippen LogP contribution in [-0.2, 0) is 14.3 Å². The third kappa shape index (κ3) is 6.70. The van der Waals surface area contributed by atoms with Crippen LogP contribution in [0.15, 0.2) is 12.2 Å². The molecule has 5 heteroatoms. The van der Waals surface area contributed by atoms with Gasteiger partial charge in [-0.25, -0.2) is 0 Å². The van der Waals surface area contributed by atoms with Gasteiger partial charge in [-0.05, 0) is 47.2 Å². The van der Waals surface area contributed by atoms with Gasteiger partial charge >= 0.3 is 0 Å². The van der Waals surface area contributed by atoms with Crippen molar-refractivity contribution in [3.8, 4) is 0 Å². The van der Waals surface area contributed by atoms with Gasteiger partial charge in [-0.1, -0.05) is 6.08 Å². The smallest absolute Gasteiger partial charge is 0.293 e. The number of rotatable bonds is 6. The molecule has 0 aliphatic heterocycles. The zero-order chi connectivity index (χ0) is 15.6. The molecular formula is C15H28N2O3. The number of amides is 1. The average Bonchev–Trinajstić information content (AvgIpc) is 2.36. The lowest BCUT2D eigenvalue weighted by Crippen LogP contribution is -2.51. The molecule has 0 heterocycles. The topological polar surface area (TPSA) is 49.9 Å². The summed E-state index contributed by atoms with van der Waals surface area (Å²) >= 11 is 0. The summed E-state index contributed by atoms with van der Waals surface area (Å²) in [7, 11) is 5.89. The zero-order valence-electron chi connectivity index (χ0n) is 13.4. The largest absolute Gasteiger partial charge is 0.468 e. The van der Waals surface area contributed by atoms with E-state index in [1.165, 1.54) is 6.42 Å². The first-order chi connectivity index (χ1) is 9.37. The Morgan fingerprint density at radius 2 is 1.90 bits per heavy atom. The molecule has 0 spiro atoms. The monoisotopic (exact) mass is 284 g/mol. The number of hydrogen-bond donors (Lipinski definition) is 0. The van der Waals surface area contributed by atoms with Crippen LogP contribution in [0, 0.1) is 0 Å². The van der Waals surface area contributed by atoms with Crippen molar-refractivity contribution < 1.29 is 14.3 Å². The molecule has 0 aromatic heterocycles. The predicted molar refractivity (Wildman–Crippen MR) is 80.4 cm³/mol. The molecule has 1 rings (SSSR count). The van der Waals surface area contributed by atoms with Crippen molar-refractivity contribution in [1.29, 1.82) is 0 Å². The first-order valence-electron chi connectivity index (χ1n) is 7.01. The molecule has 0 unspecified atom stereocenters. The van der Waals surface area contributed by atoms with Gasteiger partial charge in [0, 0.05) is 25.2 Å². The molecule has 1 fully saturated rings. The van der Waals surface area contributed by atoms with Gasteiger partial charge in [0.15, 0.2) is 0 Å². The molecule has 20 heavy (non-hydrogen) atoms. The lowest BCUT2D eigenvalue weighted by atomic mass is 9.77. The summed E-state index contributed by atoms with van der Waals surface area (Å²) < 4.78 is 4.15. The Morgan fingerprint density at radius 3 is 2.20 bits per heavy atom. The van der Waals surface area contributed by atoms with E-state index < -0.39 is 0 Å². The number of hydrogen-bond acceptors (Lipinski definition) is 4. The molecule has 1 aliphatic rings. The van der Waals surface area contributed by atoms with E-state index >= 15 is 0 Å². The fourth-order valence-corrected chi connectivity index (χ4v) is 1.83. The second-order valence-electron chi connectivity index (χ2n) is 5.46. The van der Waals surface area contributed by atoms with Gasteiger partial charge in [0.25, 0.3) is 6.47 Å². The number of likely N-dealkylation sites (N-methyl/N-ethyl adjacent to an activating group) is 2. The molecule has 116 valence electrons. The van der Waals surface area contributed by atoms with Gasteiger partial charge in [0.05, 0.1) is 6.61 Å². The standard InChI is InChI=1S/C12H22N2O.C3H6O2/c1-12(8-6-9-12)14(4)11(15)7-5-10-13(2)3;1-2-5-3-4/h5,7H,6,8-10H2,1-4H3;3H,2H2,1H3/b7-5+;. The van der Waals surface area contributed by atoms with Crippen molar-refractivity contribution >= 4 is 12.4 Å². The third-order valence-corrected chi connectivity index (χ3v) is 3.54. The summed E-state index contributed by atoms with van der Waals surface area (Å²) in [6, 6.07) is 0. The highest BCUT2D eigenvalue weighted by Crippen LogP contribution is 2.36. The van der Waals surface area contributed by atoms with Crippen molar-refractivity contribution in [3.05, 3.63) is 12.2 Å². The highest BCUT2D eigenvalue weighted by molar-refractivity contribution is 5.88. The van der Waals surface area contributed by atoms with E-state index in [1.54, 1.807) is 13.0 Å². The summed E-state index contributed by atoms with van der Waals surface area (Å²) in [4.78, 5) is 24.9. The molecule has 0 aromatic carbocycles. The van der Waals surface area contributed by atoms with Gasteiger partial charge in [-0.15, -0.1) is 0 Å². The second kappa shape index (κ2) is 9.53. The molecule has 5 nitrogen and oxygen atoms in total. The van der Waals surface area contributed by atoms with Gasteiger partial charge in [-0.3, -0.25) is 9.59 Å². The van der Waals surface area contributed by atoms with Crippen LogP contribution in [0.25, 0.3) is 0 Å². The molecule has 0 saturated heterocycles. The molecule has 0 N–H and O–H groups in total. The minimum Gasteiger partial charge on any atom is -0.468 e. The lowest BCUT2D eigenvalue weighted by molar-refractivity contribution is -0.132. The van der Waals surface area contributed by atoms with E-state index in [-0.39, 0.29) is 11.4 Å². The summed E-state index contributed by atoms with van der Waals surface area (Å²) in [5.74, 6) is 0.124.